The van der Waals surface area contributed by atoms with Crippen molar-refractivity contribution < 1.29 is 4.42 Å². The Morgan fingerprint density at radius 1 is 1.58 bits per heavy atom. The SMILES string of the molecule is O=c1c(N=C=S)cc(C2CC2)cn1Cc1ncco1. The fraction of sp³-hybridized carbons (Fsp3) is 0.308. The molecule has 1 aliphatic rings. The van der Waals surface area contributed by atoms with E-state index >= 15 is 0 Å². The molecule has 2 aromatic heterocycles. The van der Waals surface area contributed by atoms with Crippen LogP contribution in [0.5, 0.6) is 0 Å². The van der Waals surface area contributed by atoms with Gasteiger partial charge in [0.25, 0.3) is 5.56 Å². The van der Waals surface area contributed by atoms with Gasteiger partial charge >= 0.3 is 0 Å². The van der Waals surface area contributed by atoms with Crippen LogP contribution in [0.4, 0.5) is 5.69 Å². The Kier molecular flexibility index (Phi) is 3.11. The van der Waals surface area contributed by atoms with Crippen molar-refractivity contribution in [1.82, 2.24) is 9.55 Å². The number of aliphatic imine (C=N–C) groups is 1. The quantitative estimate of drug-likeness (QED) is 0.634. The molecule has 3 rings (SSSR count). The van der Waals surface area contributed by atoms with Crippen LogP contribution in [0.25, 0.3) is 0 Å². The summed E-state index contributed by atoms with van der Waals surface area (Å²) in [6, 6.07) is 1.80. The van der Waals surface area contributed by atoms with Crippen molar-refractivity contribution in [3.05, 3.63) is 46.5 Å². The van der Waals surface area contributed by atoms with Crippen molar-refractivity contribution >= 4 is 23.1 Å². The lowest BCUT2D eigenvalue weighted by Crippen LogP contribution is -2.20. The number of nitrogens with zero attached hydrogens (tertiary/aromatic N) is 3. The molecule has 1 saturated carbocycles. The molecule has 2 aromatic rings. The Morgan fingerprint density at radius 3 is 3.05 bits per heavy atom. The molecule has 96 valence electrons. The van der Waals surface area contributed by atoms with E-state index in [1.807, 2.05) is 6.20 Å². The number of rotatable bonds is 4. The van der Waals surface area contributed by atoms with E-state index in [1.165, 1.54) is 6.26 Å². The number of isothiocyanates is 1. The first-order valence-electron chi connectivity index (χ1n) is 5.98. The summed E-state index contributed by atoms with van der Waals surface area (Å²) in [4.78, 5) is 20.1. The molecule has 0 aliphatic heterocycles. The van der Waals surface area contributed by atoms with E-state index in [9.17, 15) is 4.79 Å². The van der Waals surface area contributed by atoms with Gasteiger partial charge in [-0.25, -0.2) is 4.98 Å². The largest absolute Gasteiger partial charge is 0.447 e. The summed E-state index contributed by atoms with van der Waals surface area (Å²) < 4.78 is 6.73. The van der Waals surface area contributed by atoms with Crippen LogP contribution in [-0.2, 0) is 6.54 Å². The zero-order valence-corrected chi connectivity index (χ0v) is 10.9. The molecule has 0 saturated heterocycles. The second-order valence-electron chi connectivity index (χ2n) is 4.49. The first kappa shape index (κ1) is 12.0. The topological polar surface area (TPSA) is 60.4 Å². The molecule has 19 heavy (non-hydrogen) atoms. The number of thiocarbonyl (C=S) groups is 1. The second kappa shape index (κ2) is 4.91. The highest BCUT2D eigenvalue weighted by molar-refractivity contribution is 7.78. The molecule has 0 aromatic carbocycles. The van der Waals surface area contributed by atoms with E-state index in [0.29, 0.717) is 24.0 Å². The van der Waals surface area contributed by atoms with Crippen LogP contribution >= 0.6 is 12.2 Å². The van der Waals surface area contributed by atoms with Gasteiger partial charge < -0.3 is 8.98 Å². The first-order chi connectivity index (χ1) is 9.28. The lowest BCUT2D eigenvalue weighted by Gasteiger charge is -2.07. The molecule has 0 N–H and O–H groups in total. The van der Waals surface area contributed by atoms with Gasteiger partial charge in [0.2, 0.25) is 5.89 Å². The third-order valence-corrected chi connectivity index (χ3v) is 3.18. The van der Waals surface area contributed by atoms with Crippen LogP contribution in [0.1, 0.15) is 30.2 Å². The minimum absolute atomic E-state index is 0.208. The molecule has 6 heteroatoms. The number of pyridine rings is 1. The maximum atomic E-state index is 12.2. The highest BCUT2D eigenvalue weighted by Gasteiger charge is 2.25. The predicted octanol–water partition coefficient (Wildman–Crippen LogP) is 2.50. The zero-order chi connectivity index (χ0) is 13.2. The highest BCUT2D eigenvalue weighted by Crippen LogP contribution is 2.40. The van der Waals surface area contributed by atoms with E-state index < -0.39 is 0 Å². The number of hydrogen-bond donors (Lipinski definition) is 0. The standard InChI is InChI=1S/C13H11N3O2S/c17-13-11(15-8-19)5-10(9-1-2-9)6-16(13)7-12-14-3-4-18-12/h3-6,9H,1-2,7H2. The Hall–Kier alpha value is -2.04. The average molecular weight is 273 g/mol. The Morgan fingerprint density at radius 2 is 2.42 bits per heavy atom. The summed E-state index contributed by atoms with van der Waals surface area (Å²) in [5.74, 6) is 1.02. The van der Waals surface area contributed by atoms with Gasteiger partial charge in [-0.1, -0.05) is 0 Å². The van der Waals surface area contributed by atoms with Crippen LogP contribution in [0, 0.1) is 0 Å². The molecular weight excluding hydrogens is 262 g/mol. The molecule has 0 spiro atoms. The molecule has 0 bridgehead atoms. The summed E-state index contributed by atoms with van der Waals surface area (Å²) in [5, 5.41) is 2.25. The predicted molar refractivity (Wildman–Crippen MR) is 73.0 cm³/mol. The normalized spacial score (nSPS) is 14.1. The average Bonchev–Trinajstić information content (AvgIpc) is 3.13. The molecule has 2 heterocycles. The van der Waals surface area contributed by atoms with E-state index in [2.05, 4.69) is 27.4 Å². The maximum Gasteiger partial charge on any atom is 0.277 e. The fourth-order valence-electron chi connectivity index (χ4n) is 2.01. The van der Waals surface area contributed by atoms with Gasteiger partial charge in [-0.05, 0) is 42.6 Å². The molecule has 0 amide bonds. The van der Waals surface area contributed by atoms with Crippen LogP contribution in [0.15, 0.2) is 38.9 Å². The third kappa shape index (κ3) is 2.54. The number of hydrogen-bond acceptors (Lipinski definition) is 5. The number of aromatic nitrogens is 2. The highest BCUT2D eigenvalue weighted by atomic mass is 32.1. The van der Waals surface area contributed by atoms with Crippen molar-refractivity contribution in [3.8, 4) is 0 Å². The molecule has 1 fully saturated rings. The van der Waals surface area contributed by atoms with Crippen LogP contribution < -0.4 is 5.56 Å². The van der Waals surface area contributed by atoms with Crippen LogP contribution in [-0.4, -0.2) is 14.7 Å². The Balaban J connectivity index is 2.05. The summed E-state index contributed by atoms with van der Waals surface area (Å²) in [6.45, 7) is 0.298. The molecule has 0 radical (unpaired) electrons. The van der Waals surface area contributed by atoms with Crippen molar-refractivity contribution in [2.45, 2.75) is 25.3 Å². The van der Waals surface area contributed by atoms with Crippen LogP contribution in [0.2, 0.25) is 0 Å². The third-order valence-electron chi connectivity index (χ3n) is 3.09. The van der Waals surface area contributed by atoms with E-state index in [4.69, 9.17) is 4.42 Å². The summed E-state index contributed by atoms with van der Waals surface area (Å²) in [5.41, 5.74) is 1.22. The molecule has 0 atom stereocenters. The lowest BCUT2D eigenvalue weighted by atomic mass is 10.2. The van der Waals surface area contributed by atoms with E-state index in [0.717, 1.165) is 18.4 Å². The minimum Gasteiger partial charge on any atom is -0.447 e. The van der Waals surface area contributed by atoms with Gasteiger partial charge in [-0.15, -0.1) is 0 Å². The first-order valence-corrected chi connectivity index (χ1v) is 6.39. The summed E-state index contributed by atoms with van der Waals surface area (Å²) >= 11 is 4.58. The molecular formula is C13H11N3O2S. The van der Waals surface area contributed by atoms with Gasteiger partial charge in [0.15, 0.2) is 0 Å². The Labute approximate surface area is 114 Å². The van der Waals surface area contributed by atoms with Gasteiger partial charge in [0, 0.05) is 6.20 Å². The Bertz CT molecular complexity index is 695. The van der Waals surface area contributed by atoms with Crippen molar-refractivity contribution in [2.24, 2.45) is 4.99 Å². The smallest absolute Gasteiger partial charge is 0.277 e. The molecule has 0 unspecified atom stereocenters. The monoisotopic (exact) mass is 273 g/mol. The minimum atomic E-state index is -0.208. The van der Waals surface area contributed by atoms with Gasteiger partial charge in [-0.3, -0.25) is 4.79 Å². The van der Waals surface area contributed by atoms with E-state index in [-0.39, 0.29) is 5.56 Å². The van der Waals surface area contributed by atoms with Crippen LogP contribution in [0.3, 0.4) is 0 Å². The van der Waals surface area contributed by atoms with Gasteiger partial charge in [0.05, 0.1) is 11.4 Å². The maximum absolute atomic E-state index is 12.2. The van der Waals surface area contributed by atoms with Crippen molar-refractivity contribution in [2.75, 3.05) is 0 Å². The zero-order valence-electron chi connectivity index (χ0n) is 10.1. The lowest BCUT2D eigenvalue weighted by molar-refractivity contribution is 0.474. The fourth-order valence-corrected chi connectivity index (χ4v) is 2.10. The molecule has 5 nitrogen and oxygen atoms in total. The summed E-state index contributed by atoms with van der Waals surface area (Å²) in [7, 11) is 0. The second-order valence-corrected chi connectivity index (χ2v) is 4.68. The molecule has 1 aliphatic carbocycles. The number of oxazole rings is 1. The van der Waals surface area contributed by atoms with Crippen molar-refractivity contribution in [3.63, 3.8) is 0 Å². The summed E-state index contributed by atoms with van der Waals surface area (Å²) in [6.07, 6.45) is 7.20. The van der Waals surface area contributed by atoms with Gasteiger partial charge in [0.1, 0.15) is 18.5 Å². The van der Waals surface area contributed by atoms with Gasteiger partial charge in [-0.2, -0.15) is 4.99 Å². The van der Waals surface area contributed by atoms with Crippen molar-refractivity contribution in [1.29, 1.82) is 0 Å². The van der Waals surface area contributed by atoms with E-state index in [1.54, 1.807) is 16.8 Å².